The summed E-state index contributed by atoms with van der Waals surface area (Å²) >= 11 is 0. The molecule has 1 saturated carbocycles. The van der Waals surface area contributed by atoms with E-state index in [0.717, 1.165) is 25.4 Å². The highest BCUT2D eigenvalue weighted by atomic mass is 15.0. The van der Waals surface area contributed by atoms with Crippen LogP contribution in [0.1, 0.15) is 37.7 Å². The van der Waals surface area contributed by atoms with Crippen molar-refractivity contribution < 1.29 is 0 Å². The van der Waals surface area contributed by atoms with Gasteiger partial charge in [0.1, 0.15) is 0 Å². The van der Waals surface area contributed by atoms with Gasteiger partial charge in [0, 0.05) is 36.1 Å². The van der Waals surface area contributed by atoms with Crippen molar-refractivity contribution in [3.8, 4) is 12.3 Å². The van der Waals surface area contributed by atoms with Crippen LogP contribution in [0.4, 0.5) is 0 Å². The standard InChI is InChI=1S/C19H24N2/c1-2-3-14-21-15-16(18-9-4-5-10-19(18)21)8-6-7-13-20-17-11-12-17/h1,4-5,9-10,15,17,20H,3,6-8,11-14H2. The molecule has 1 heterocycles. The molecule has 0 saturated heterocycles. The van der Waals surface area contributed by atoms with E-state index in [9.17, 15) is 0 Å². The maximum atomic E-state index is 5.40. The van der Waals surface area contributed by atoms with Gasteiger partial charge >= 0.3 is 0 Å². The molecule has 1 fully saturated rings. The number of fused-ring (bicyclic) bond motifs is 1. The smallest absolute Gasteiger partial charge is 0.0483 e. The molecule has 2 heteroatoms. The molecule has 0 spiro atoms. The SMILES string of the molecule is C#CCCn1cc(CCCCNC2CC2)c2ccccc21. The Morgan fingerprint density at radius 2 is 2.10 bits per heavy atom. The first kappa shape index (κ1) is 14.2. The van der Waals surface area contributed by atoms with E-state index in [-0.39, 0.29) is 0 Å². The molecule has 1 N–H and O–H groups in total. The zero-order valence-electron chi connectivity index (χ0n) is 12.6. The largest absolute Gasteiger partial charge is 0.346 e. The first-order valence-corrected chi connectivity index (χ1v) is 8.12. The van der Waals surface area contributed by atoms with Gasteiger partial charge in [0.15, 0.2) is 0 Å². The van der Waals surface area contributed by atoms with E-state index in [1.54, 1.807) is 0 Å². The Balaban J connectivity index is 1.61. The molecular formula is C19H24N2. The molecule has 2 aromatic rings. The molecule has 3 rings (SSSR count). The van der Waals surface area contributed by atoms with Gasteiger partial charge in [-0.25, -0.2) is 0 Å². The minimum absolute atomic E-state index is 0.795. The molecule has 0 bridgehead atoms. The molecule has 110 valence electrons. The number of unbranched alkanes of at least 4 members (excludes halogenated alkanes) is 1. The van der Waals surface area contributed by atoms with Crippen LogP contribution in [0, 0.1) is 12.3 Å². The van der Waals surface area contributed by atoms with E-state index in [1.807, 2.05) is 0 Å². The zero-order valence-corrected chi connectivity index (χ0v) is 12.6. The van der Waals surface area contributed by atoms with Crippen molar-refractivity contribution in [2.75, 3.05) is 6.54 Å². The molecule has 0 aliphatic heterocycles. The second-order valence-corrected chi connectivity index (χ2v) is 6.00. The summed E-state index contributed by atoms with van der Waals surface area (Å²) in [6, 6.07) is 9.50. The van der Waals surface area contributed by atoms with Crippen molar-refractivity contribution in [2.45, 2.75) is 51.1 Å². The molecule has 0 unspecified atom stereocenters. The number of nitrogens with zero attached hydrogens (tertiary/aromatic N) is 1. The van der Waals surface area contributed by atoms with E-state index in [2.05, 4.69) is 46.3 Å². The lowest BCUT2D eigenvalue weighted by Gasteiger charge is -2.02. The van der Waals surface area contributed by atoms with E-state index < -0.39 is 0 Å². The van der Waals surface area contributed by atoms with Crippen LogP contribution in [0.3, 0.4) is 0 Å². The molecule has 2 nitrogen and oxygen atoms in total. The average molecular weight is 280 g/mol. The van der Waals surface area contributed by atoms with Crippen LogP contribution >= 0.6 is 0 Å². The summed E-state index contributed by atoms with van der Waals surface area (Å²) in [5, 5.41) is 4.98. The van der Waals surface area contributed by atoms with E-state index >= 15 is 0 Å². The average Bonchev–Trinajstić information content (AvgIpc) is 3.27. The molecular weight excluding hydrogens is 256 g/mol. The Morgan fingerprint density at radius 3 is 2.90 bits per heavy atom. The Morgan fingerprint density at radius 1 is 1.24 bits per heavy atom. The predicted molar refractivity (Wildman–Crippen MR) is 89.4 cm³/mol. The highest BCUT2D eigenvalue weighted by Gasteiger charge is 2.19. The number of aromatic nitrogens is 1. The Bertz CT molecular complexity index is 629. The summed E-state index contributed by atoms with van der Waals surface area (Å²) in [6.45, 7) is 2.08. The van der Waals surface area contributed by atoms with Gasteiger partial charge in [0.25, 0.3) is 0 Å². The fourth-order valence-corrected chi connectivity index (χ4v) is 2.93. The minimum Gasteiger partial charge on any atom is -0.346 e. The van der Waals surface area contributed by atoms with E-state index in [1.165, 1.54) is 48.7 Å². The van der Waals surface area contributed by atoms with E-state index in [0.29, 0.717) is 0 Å². The maximum absolute atomic E-state index is 5.40. The third kappa shape index (κ3) is 3.68. The molecule has 0 atom stereocenters. The highest BCUT2D eigenvalue weighted by molar-refractivity contribution is 5.84. The van der Waals surface area contributed by atoms with Gasteiger partial charge in [-0.3, -0.25) is 0 Å². The second kappa shape index (κ2) is 6.83. The summed E-state index contributed by atoms with van der Waals surface area (Å²) in [6.07, 6.45) is 14.9. The van der Waals surface area contributed by atoms with Gasteiger partial charge in [0.05, 0.1) is 0 Å². The van der Waals surface area contributed by atoms with Gasteiger partial charge in [0.2, 0.25) is 0 Å². The lowest BCUT2D eigenvalue weighted by molar-refractivity contribution is 0.619. The molecule has 0 amide bonds. The normalized spacial score (nSPS) is 14.4. The summed E-state index contributed by atoms with van der Waals surface area (Å²) in [5.74, 6) is 2.74. The number of terminal acetylenes is 1. The molecule has 1 aromatic heterocycles. The van der Waals surface area contributed by atoms with Crippen molar-refractivity contribution in [1.82, 2.24) is 9.88 Å². The topological polar surface area (TPSA) is 17.0 Å². The number of nitrogens with one attached hydrogen (secondary N) is 1. The van der Waals surface area contributed by atoms with Crippen molar-refractivity contribution in [2.24, 2.45) is 0 Å². The number of para-hydroxylation sites is 1. The monoisotopic (exact) mass is 280 g/mol. The van der Waals surface area contributed by atoms with Crippen molar-refractivity contribution in [3.63, 3.8) is 0 Å². The molecule has 1 aliphatic carbocycles. The van der Waals surface area contributed by atoms with Crippen molar-refractivity contribution in [3.05, 3.63) is 36.0 Å². The minimum atomic E-state index is 0.795. The van der Waals surface area contributed by atoms with Crippen molar-refractivity contribution in [1.29, 1.82) is 0 Å². The first-order valence-electron chi connectivity index (χ1n) is 8.12. The van der Waals surface area contributed by atoms with Gasteiger partial charge < -0.3 is 9.88 Å². The van der Waals surface area contributed by atoms with Gasteiger partial charge in [-0.2, -0.15) is 0 Å². The fourth-order valence-electron chi connectivity index (χ4n) is 2.93. The van der Waals surface area contributed by atoms with Crippen LogP contribution in [0.25, 0.3) is 10.9 Å². The summed E-state index contributed by atoms with van der Waals surface area (Å²) in [5.41, 5.74) is 2.79. The van der Waals surface area contributed by atoms with Crippen molar-refractivity contribution >= 4 is 10.9 Å². The van der Waals surface area contributed by atoms with Crippen LogP contribution in [0.2, 0.25) is 0 Å². The number of rotatable bonds is 8. The Hall–Kier alpha value is -1.72. The van der Waals surface area contributed by atoms with E-state index in [4.69, 9.17) is 6.42 Å². The van der Waals surface area contributed by atoms with Crippen LogP contribution in [0.5, 0.6) is 0 Å². The Labute approximate surface area is 127 Å². The fraction of sp³-hybridized carbons (Fsp3) is 0.474. The number of hydrogen-bond donors (Lipinski definition) is 1. The highest BCUT2D eigenvalue weighted by Crippen LogP contribution is 2.23. The number of benzene rings is 1. The number of hydrogen-bond acceptors (Lipinski definition) is 1. The first-order chi connectivity index (χ1) is 10.4. The molecule has 21 heavy (non-hydrogen) atoms. The third-order valence-corrected chi connectivity index (χ3v) is 4.25. The zero-order chi connectivity index (χ0) is 14.5. The van der Waals surface area contributed by atoms with Crippen LogP contribution in [-0.2, 0) is 13.0 Å². The number of aryl methyl sites for hydroxylation is 2. The summed E-state index contributed by atoms with van der Waals surface area (Å²) in [7, 11) is 0. The quantitative estimate of drug-likeness (QED) is 0.576. The third-order valence-electron chi connectivity index (χ3n) is 4.25. The lowest BCUT2D eigenvalue weighted by Crippen LogP contribution is -2.17. The molecule has 0 radical (unpaired) electrons. The lowest BCUT2D eigenvalue weighted by atomic mass is 10.1. The molecule has 1 aromatic carbocycles. The van der Waals surface area contributed by atoms with Gasteiger partial charge in [-0.15, -0.1) is 12.3 Å². The maximum Gasteiger partial charge on any atom is 0.0483 e. The van der Waals surface area contributed by atoms with Crippen LogP contribution in [-0.4, -0.2) is 17.2 Å². The summed E-state index contributed by atoms with van der Waals surface area (Å²) < 4.78 is 2.31. The van der Waals surface area contributed by atoms with Gasteiger partial charge in [-0.05, 0) is 50.3 Å². The van der Waals surface area contributed by atoms with Crippen LogP contribution in [0.15, 0.2) is 30.5 Å². The summed E-state index contributed by atoms with van der Waals surface area (Å²) in [4.78, 5) is 0. The molecule has 1 aliphatic rings. The Kier molecular flexibility index (Phi) is 4.62. The van der Waals surface area contributed by atoms with Gasteiger partial charge in [-0.1, -0.05) is 18.2 Å². The predicted octanol–water partition coefficient (Wildman–Crippen LogP) is 3.74. The second-order valence-electron chi connectivity index (χ2n) is 6.00. The van der Waals surface area contributed by atoms with Crippen LogP contribution < -0.4 is 5.32 Å².